The molecule has 0 aliphatic heterocycles. The average Bonchev–Trinajstić information content (AvgIpc) is 2.73. The summed E-state index contributed by atoms with van der Waals surface area (Å²) in [6, 6.07) is 1.53. The third-order valence-corrected chi connectivity index (χ3v) is 3.36. The van der Waals surface area contributed by atoms with Crippen molar-refractivity contribution in [2.75, 3.05) is 11.1 Å². The molecule has 0 spiro atoms. The third kappa shape index (κ3) is 4.97. The van der Waals surface area contributed by atoms with Gasteiger partial charge in [0.05, 0.1) is 11.3 Å². The molecule has 1 rings (SSSR count). The second kappa shape index (κ2) is 6.75. The van der Waals surface area contributed by atoms with E-state index >= 15 is 0 Å². The molecule has 8 nitrogen and oxygen atoms in total. The number of anilines is 1. The van der Waals surface area contributed by atoms with E-state index in [0.717, 1.165) is 11.8 Å². The highest BCUT2D eigenvalue weighted by atomic mass is 32.2. The van der Waals surface area contributed by atoms with Crippen LogP contribution in [0.25, 0.3) is 0 Å². The van der Waals surface area contributed by atoms with Crippen LogP contribution in [0, 0.1) is 5.41 Å². The molecule has 102 valence electrons. The number of amides is 2. The van der Waals surface area contributed by atoms with Gasteiger partial charge in [-0.05, 0) is 11.4 Å². The van der Waals surface area contributed by atoms with Gasteiger partial charge >= 0.3 is 0 Å². The number of thiophene rings is 1. The maximum atomic E-state index is 11.6. The molecule has 0 saturated carbocycles. The molecular formula is C9H12N6O2S2. The first-order chi connectivity index (χ1) is 8.90. The number of aliphatic imine (C=N–C) groups is 1. The lowest BCUT2D eigenvalue weighted by Gasteiger charge is -2.03. The van der Waals surface area contributed by atoms with Crippen LogP contribution in [-0.2, 0) is 4.79 Å². The highest BCUT2D eigenvalue weighted by Gasteiger charge is 2.12. The lowest BCUT2D eigenvalue weighted by Crippen LogP contribution is -2.24. The molecule has 0 aliphatic rings. The van der Waals surface area contributed by atoms with Gasteiger partial charge in [0.2, 0.25) is 5.91 Å². The first-order valence-corrected chi connectivity index (χ1v) is 6.74. The van der Waals surface area contributed by atoms with E-state index in [2.05, 4.69) is 10.3 Å². The number of thioether (sulfide) groups is 1. The molecule has 0 saturated heterocycles. The van der Waals surface area contributed by atoms with E-state index in [9.17, 15) is 9.59 Å². The predicted octanol–water partition coefficient (Wildman–Crippen LogP) is -0.273. The smallest absolute Gasteiger partial charge is 0.251 e. The molecule has 0 atom stereocenters. The summed E-state index contributed by atoms with van der Waals surface area (Å²) in [5, 5.41) is 11.7. The Kier molecular flexibility index (Phi) is 5.33. The van der Waals surface area contributed by atoms with Gasteiger partial charge in [-0.25, -0.2) is 0 Å². The highest BCUT2D eigenvalue weighted by Crippen LogP contribution is 2.22. The van der Waals surface area contributed by atoms with Crippen molar-refractivity contribution in [1.29, 1.82) is 5.41 Å². The molecular weight excluding hydrogens is 288 g/mol. The molecule has 10 heteroatoms. The van der Waals surface area contributed by atoms with Crippen molar-refractivity contribution in [2.45, 2.75) is 0 Å². The number of hydrogen-bond donors (Lipinski definition) is 5. The van der Waals surface area contributed by atoms with Gasteiger partial charge in [0.15, 0.2) is 11.1 Å². The second-order valence-corrected chi connectivity index (χ2v) is 5.09. The Morgan fingerprint density at radius 2 is 2.11 bits per heavy atom. The van der Waals surface area contributed by atoms with E-state index in [1.54, 1.807) is 5.38 Å². The lowest BCUT2D eigenvalue weighted by molar-refractivity contribution is -0.113. The minimum atomic E-state index is -0.613. The van der Waals surface area contributed by atoms with Gasteiger partial charge in [-0.15, -0.1) is 11.3 Å². The number of nitrogens with zero attached hydrogens (tertiary/aromatic N) is 1. The van der Waals surface area contributed by atoms with Crippen molar-refractivity contribution in [3.05, 3.63) is 17.0 Å². The van der Waals surface area contributed by atoms with E-state index in [4.69, 9.17) is 22.6 Å². The average molecular weight is 300 g/mol. The standard InChI is InChI=1S/C9H12N6O2S2/c10-6(17)4-1-2-18-7(4)14-5(16)3-19-9(13)15-8(11)12/h1-2H,3H2,(H2,10,17)(H,14,16)(H5,11,12,13,15). The van der Waals surface area contributed by atoms with Crippen LogP contribution in [0.1, 0.15) is 10.4 Å². The quantitative estimate of drug-likeness (QED) is 0.381. The zero-order chi connectivity index (χ0) is 14.4. The van der Waals surface area contributed by atoms with E-state index in [-0.39, 0.29) is 28.4 Å². The second-order valence-electron chi connectivity index (χ2n) is 3.21. The number of carbonyl (C=O) groups is 2. The summed E-state index contributed by atoms with van der Waals surface area (Å²) in [7, 11) is 0. The van der Waals surface area contributed by atoms with Crippen molar-refractivity contribution in [2.24, 2.45) is 22.2 Å². The molecule has 0 aromatic carbocycles. The minimum absolute atomic E-state index is 0.0499. The van der Waals surface area contributed by atoms with Gasteiger partial charge in [-0.3, -0.25) is 15.0 Å². The first kappa shape index (κ1) is 15.0. The van der Waals surface area contributed by atoms with Crippen LogP contribution in [0.3, 0.4) is 0 Å². The predicted molar refractivity (Wildman–Crippen MR) is 77.5 cm³/mol. The van der Waals surface area contributed by atoms with Crippen LogP contribution in [0.4, 0.5) is 5.00 Å². The van der Waals surface area contributed by atoms with Crippen molar-refractivity contribution in [3.8, 4) is 0 Å². The van der Waals surface area contributed by atoms with Gasteiger partial charge in [0, 0.05) is 0 Å². The Labute approximate surface area is 116 Å². The fourth-order valence-corrected chi connectivity index (χ4v) is 2.36. The van der Waals surface area contributed by atoms with Gasteiger partial charge in [0.25, 0.3) is 5.91 Å². The zero-order valence-corrected chi connectivity index (χ0v) is 11.3. The third-order valence-electron chi connectivity index (χ3n) is 1.75. The summed E-state index contributed by atoms with van der Waals surface area (Å²) in [4.78, 5) is 26.1. The van der Waals surface area contributed by atoms with E-state index in [0.29, 0.717) is 5.00 Å². The van der Waals surface area contributed by atoms with Crippen molar-refractivity contribution >= 4 is 51.0 Å². The molecule has 1 heterocycles. The molecule has 0 fully saturated rings. The Morgan fingerprint density at radius 3 is 2.68 bits per heavy atom. The summed E-state index contributed by atoms with van der Waals surface area (Å²) >= 11 is 2.05. The summed E-state index contributed by atoms with van der Waals surface area (Å²) in [5.41, 5.74) is 15.6. The molecule has 0 aliphatic carbocycles. The van der Waals surface area contributed by atoms with Gasteiger partial charge in [-0.1, -0.05) is 11.8 Å². The van der Waals surface area contributed by atoms with Crippen LogP contribution in [0.2, 0.25) is 0 Å². The largest absolute Gasteiger partial charge is 0.370 e. The zero-order valence-electron chi connectivity index (χ0n) is 9.67. The van der Waals surface area contributed by atoms with Crippen LogP contribution in [0.15, 0.2) is 16.4 Å². The molecule has 0 unspecified atom stereocenters. The number of carbonyl (C=O) groups excluding carboxylic acids is 2. The van der Waals surface area contributed by atoms with Crippen LogP contribution >= 0.6 is 23.1 Å². The topological polar surface area (TPSA) is 160 Å². The summed E-state index contributed by atoms with van der Waals surface area (Å²) in [6.07, 6.45) is 0. The summed E-state index contributed by atoms with van der Waals surface area (Å²) < 4.78 is 0. The summed E-state index contributed by atoms with van der Waals surface area (Å²) in [6.45, 7) is 0. The van der Waals surface area contributed by atoms with Crippen molar-refractivity contribution in [1.82, 2.24) is 0 Å². The normalized spacial score (nSPS) is 9.68. The minimum Gasteiger partial charge on any atom is -0.370 e. The van der Waals surface area contributed by atoms with Gasteiger partial charge < -0.3 is 22.5 Å². The Balaban J connectivity index is 2.52. The highest BCUT2D eigenvalue weighted by molar-refractivity contribution is 8.14. The number of primary amides is 1. The molecule has 0 bridgehead atoms. The number of nitrogens with two attached hydrogens (primary N) is 3. The molecule has 1 aromatic rings. The maximum Gasteiger partial charge on any atom is 0.251 e. The van der Waals surface area contributed by atoms with E-state index in [1.165, 1.54) is 17.4 Å². The van der Waals surface area contributed by atoms with E-state index < -0.39 is 5.91 Å². The number of nitrogens with one attached hydrogen (secondary N) is 2. The molecule has 8 N–H and O–H groups in total. The lowest BCUT2D eigenvalue weighted by atomic mass is 10.3. The Hall–Kier alpha value is -2.07. The number of amidine groups is 1. The van der Waals surface area contributed by atoms with Crippen LogP contribution < -0.4 is 22.5 Å². The number of rotatable bonds is 4. The fourth-order valence-electron chi connectivity index (χ4n) is 1.05. The number of guanidine groups is 1. The SMILES string of the molecule is N=C(N=C(N)N)SCC(=O)Nc1sccc1C(N)=O. The monoisotopic (exact) mass is 300 g/mol. The van der Waals surface area contributed by atoms with Crippen LogP contribution in [0.5, 0.6) is 0 Å². The molecule has 1 aromatic heterocycles. The number of hydrogen-bond acceptors (Lipinski definition) is 5. The van der Waals surface area contributed by atoms with Crippen LogP contribution in [-0.4, -0.2) is 28.7 Å². The van der Waals surface area contributed by atoms with Crippen molar-refractivity contribution < 1.29 is 9.59 Å². The van der Waals surface area contributed by atoms with Gasteiger partial charge in [0.1, 0.15) is 5.00 Å². The van der Waals surface area contributed by atoms with E-state index in [1.807, 2.05) is 0 Å². The van der Waals surface area contributed by atoms with Crippen molar-refractivity contribution in [3.63, 3.8) is 0 Å². The molecule has 0 radical (unpaired) electrons. The Morgan fingerprint density at radius 1 is 1.42 bits per heavy atom. The first-order valence-electron chi connectivity index (χ1n) is 4.88. The molecule has 19 heavy (non-hydrogen) atoms. The fraction of sp³-hybridized carbons (Fsp3) is 0.111. The summed E-state index contributed by atoms with van der Waals surface area (Å²) in [5.74, 6) is -1.29. The maximum absolute atomic E-state index is 11.6. The molecule has 2 amide bonds. The Bertz CT molecular complexity index is 535. The van der Waals surface area contributed by atoms with Gasteiger partial charge in [-0.2, -0.15) is 4.99 Å².